The quantitative estimate of drug-likeness (QED) is 0.678. The Balaban J connectivity index is 2.97. The van der Waals surface area contributed by atoms with Crippen molar-refractivity contribution in [3.63, 3.8) is 0 Å². The summed E-state index contributed by atoms with van der Waals surface area (Å²) in [5.41, 5.74) is -0.918. The van der Waals surface area contributed by atoms with Gasteiger partial charge in [-0.3, -0.25) is 9.36 Å². The van der Waals surface area contributed by atoms with Crippen LogP contribution in [0.25, 0.3) is 5.69 Å². The van der Waals surface area contributed by atoms with Crippen molar-refractivity contribution in [1.29, 1.82) is 0 Å². The van der Waals surface area contributed by atoms with Crippen molar-refractivity contribution in [2.45, 2.75) is 6.92 Å². The minimum absolute atomic E-state index is 0.247. The lowest BCUT2D eigenvalue weighted by atomic mass is 10.3. The van der Waals surface area contributed by atoms with Gasteiger partial charge in [0.2, 0.25) is 0 Å². The van der Waals surface area contributed by atoms with Crippen LogP contribution in [-0.2, 0) is 0 Å². The topological polar surface area (TPSA) is 22.0 Å². The van der Waals surface area contributed by atoms with Gasteiger partial charge in [0, 0.05) is 17.9 Å². The van der Waals surface area contributed by atoms with Crippen molar-refractivity contribution in [3.05, 3.63) is 64.4 Å². The van der Waals surface area contributed by atoms with Crippen LogP contribution < -0.4 is 5.56 Å². The van der Waals surface area contributed by atoms with Gasteiger partial charge >= 0.3 is 0 Å². The number of rotatable bonds is 1. The molecule has 0 aliphatic heterocycles. The summed E-state index contributed by atoms with van der Waals surface area (Å²) in [5.74, 6) is 0. The first kappa shape index (κ1) is 3.73. The second kappa shape index (κ2) is 3.50. The van der Waals surface area contributed by atoms with E-state index in [1.165, 1.54) is 13.1 Å². The lowest BCUT2D eigenvalue weighted by Gasteiger charge is -2.05. The van der Waals surface area contributed by atoms with E-state index in [2.05, 4.69) is 0 Å². The van der Waals surface area contributed by atoms with Gasteiger partial charge in [0.05, 0.1) is 9.60 Å². The Kier molecular flexibility index (Phi) is 0.933. The van der Waals surface area contributed by atoms with Gasteiger partial charge in [0.1, 0.15) is 0 Å². The van der Waals surface area contributed by atoms with Gasteiger partial charge in [0.15, 0.2) is 0 Å². The van der Waals surface area contributed by atoms with E-state index in [1.807, 2.05) is 0 Å². The Labute approximate surface area is 92.3 Å². The molecule has 0 amide bonds. The minimum atomic E-state index is -0.899. The molecule has 0 spiro atoms. The third kappa shape index (κ3) is 1.59. The summed E-state index contributed by atoms with van der Waals surface area (Å²) in [6, 6.07) is -3.56. The molecule has 0 aliphatic rings. The number of aryl methyl sites for hydroxylation is 1. The second-order valence-electron chi connectivity index (χ2n) is 2.71. The van der Waals surface area contributed by atoms with Crippen LogP contribution in [0.3, 0.4) is 0 Å². The Morgan fingerprint density at radius 2 is 1.86 bits per heavy atom. The van der Waals surface area contributed by atoms with Crippen LogP contribution in [0.2, 0.25) is 0 Å². The number of hydrogen-bond acceptors (Lipinski definition) is 1. The first-order valence-corrected chi connectivity index (χ1v) is 3.95. The molecule has 2 heteroatoms. The maximum absolute atomic E-state index is 12.1. The molecule has 0 saturated carbocycles. The summed E-state index contributed by atoms with van der Waals surface area (Å²) >= 11 is 0. The summed E-state index contributed by atoms with van der Waals surface area (Å²) in [5, 5.41) is 0. The summed E-state index contributed by atoms with van der Waals surface area (Å²) in [4.78, 5) is 12.1. The van der Waals surface area contributed by atoms with E-state index in [0.717, 1.165) is 4.57 Å². The predicted octanol–water partition coefficient (Wildman–Crippen LogP) is 2.15. The van der Waals surface area contributed by atoms with Crippen LogP contribution in [0.1, 0.15) is 15.2 Å². The van der Waals surface area contributed by atoms with Crippen molar-refractivity contribution in [2.75, 3.05) is 0 Å². The molecule has 70 valence electrons. The highest BCUT2D eigenvalue weighted by Crippen LogP contribution is 2.04. The zero-order chi connectivity index (χ0) is 16.1. The summed E-state index contributed by atoms with van der Waals surface area (Å²) in [6.07, 6.45) is 1.20. The van der Waals surface area contributed by atoms with Crippen molar-refractivity contribution in [1.82, 2.24) is 4.57 Å². The molecule has 1 aromatic heterocycles. The standard InChI is InChI=1S/C12H11NO/c1-10-7-8-12(14)13(9-10)11-5-3-2-4-6-11/h2-9H,1H3/i2D,3D,4D,5D,6D,7D,8D. The van der Waals surface area contributed by atoms with E-state index < -0.39 is 41.8 Å². The summed E-state index contributed by atoms with van der Waals surface area (Å²) < 4.78 is 54.4. The first-order chi connectivity index (χ1) is 9.68. The number of aromatic nitrogens is 1. The molecule has 14 heavy (non-hydrogen) atoms. The van der Waals surface area contributed by atoms with Crippen molar-refractivity contribution < 1.29 is 9.60 Å². The average Bonchev–Trinajstić information content (AvgIpc) is 2.46. The molecule has 0 bridgehead atoms. The van der Waals surface area contributed by atoms with Crippen LogP contribution in [0, 0.1) is 6.92 Å². The van der Waals surface area contributed by atoms with Crippen molar-refractivity contribution in [3.8, 4) is 5.69 Å². The molecular formula is C12H11NO. The largest absolute Gasteiger partial charge is 0.284 e. The molecule has 1 aromatic carbocycles. The smallest absolute Gasteiger partial charge is 0.255 e. The number of benzene rings is 1. The van der Waals surface area contributed by atoms with Gasteiger partial charge < -0.3 is 0 Å². The molecule has 0 saturated heterocycles. The molecule has 0 radical (unpaired) electrons. The molecule has 0 unspecified atom stereocenters. The summed E-state index contributed by atoms with van der Waals surface area (Å²) in [6.45, 7) is 1.51. The Morgan fingerprint density at radius 3 is 2.57 bits per heavy atom. The number of hydrogen-bond donors (Lipinski definition) is 0. The Morgan fingerprint density at radius 1 is 1.14 bits per heavy atom. The lowest BCUT2D eigenvalue weighted by Crippen LogP contribution is -2.16. The fourth-order valence-corrected chi connectivity index (χ4v) is 1.03. The molecule has 1 heterocycles. The molecule has 0 fully saturated rings. The van der Waals surface area contributed by atoms with Gasteiger partial charge in [-0.2, -0.15) is 0 Å². The second-order valence-corrected chi connectivity index (χ2v) is 2.71. The highest BCUT2D eigenvalue weighted by atomic mass is 16.1. The molecule has 0 aliphatic carbocycles. The van der Waals surface area contributed by atoms with Crippen molar-refractivity contribution >= 4 is 0 Å². The SMILES string of the molecule is [2H]c1c([2H])c([2H])c(-n2cc(C)c([2H])c([2H])c2=O)c([2H])c1[2H]. The normalized spacial score (nSPS) is 17.1. The van der Waals surface area contributed by atoms with E-state index in [1.54, 1.807) is 0 Å². The van der Waals surface area contributed by atoms with E-state index in [9.17, 15) is 4.79 Å². The molecular weight excluding hydrogens is 174 g/mol. The fraction of sp³-hybridized carbons (Fsp3) is 0.0833. The summed E-state index contributed by atoms with van der Waals surface area (Å²) in [7, 11) is 0. The zero-order valence-electron chi connectivity index (χ0n) is 14.4. The van der Waals surface area contributed by atoms with Gasteiger partial charge in [-0.15, -0.1) is 0 Å². The van der Waals surface area contributed by atoms with Crippen LogP contribution in [0.15, 0.2) is 53.3 Å². The highest BCUT2D eigenvalue weighted by Gasteiger charge is 1.97. The van der Waals surface area contributed by atoms with Crippen molar-refractivity contribution in [2.24, 2.45) is 0 Å². The lowest BCUT2D eigenvalue weighted by molar-refractivity contribution is 0.976. The maximum atomic E-state index is 12.1. The first-order valence-electron chi connectivity index (χ1n) is 7.45. The van der Waals surface area contributed by atoms with E-state index in [4.69, 9.17) is 9.60 Å². The Bertz CT molecular complexity index is 783. The van der Waals surface area contributed by atoms with Gasteiger partial charge in [-0.25, -0.2) is 0 Å². The van der Waals surface area contributed by atoms with Crippen LogP contribution in [-0.4, -0.2) is 4.57 Å². The van der Waals surface area contributed by atoms with Gasteiger partial charge in [-0.05, 0) is 24.6 Å². The molecule has 2 rings (SSSR count). The molecule has 0 atom stereocenters. The number of pyridine rings is 1. The predicted molar refractivity (Wildman–Crippen MR) is 56.8 cm³/mol. The van der Waals surface area contributed by atoms with Gasteiger partial charge in [0.25, 0.3) is 5.56 Å². The van der Waals surface area contributed by atoms with Crippen LogP contribution in [0.4, 0.5) is 0 Å². The maximum Gasteiger partial charge on any atom is 0.255 e. The molecule has 2 aromatic rings. The zero-order valence-corrected chi connectivity index (χ0v) is 7.43. The molecule has 0 N–H and O–H groups in total. The highest BCUT2D eigenvalue weighted by molar-refractivity contribution is 5.32. The van der Waals surface area contributed by atoms with E-state index >= 15 is 0 Å². The number of nitrogens with zero attached hydrogens (tertiary/aromatic N) is 1. The van der Waals surface area contributed by atoms with Crippen LogP contribution in [0.5, 0.6) is 0 Å². The number of para-hydroxylation sites is 1. The van der Waals surface area contributed by atoms with Crippen LogP contribution >= 0.6 is 0 Å². The molecule has 2 nitrogen and oxygen atoms in total. The van der Waals surface area contributed by atoms with Gasteiger partial charge in [-0.1, -0.05) is 24.2 Å². The monoisotopic (exact) mass is 192 g/mol. The fourth-order valence-electron chi connectivity index (χ4n) is 1.03. The van der Waals surface area contributed by atoms with E-state index in [-0.39, 0.29) is 11.7 Å². The third-order valence-corrected chi connectivity index (χ3v) is 1.64. The van der Waals surface area contributed by atoms with E-state index in [0.29, 0.717) is 5.56 Å². The Hall–Kier alpha value is -1.83. The third-order valence-electron chi connectivity index (χ3n) is 1.64. The minimum Gasteiger partial charge on any atom is -0.284 e. The average molecular weight is 192 g/mol.